The summed E-state index contributed by atoms with van der Waals surface area (Å²) in [6, 6.07) is 5.70. The minimum atomic E-state index is -0.167. The van der Waals surface area contributed by atoms with Gasteiger partial charge in [0.2, 0.25) is 5.95 Å². The van der Waals surface area contributed by atoms with Crippen LogP contribution in [0.4, 0.5) is 11.6 Å². The number of anilines is 2. The second-order valence-corrected chi connectivity index (χ2v) is 5.52. The number of halogens is 1. The molecule has 0 spiro atoms. The molecule has 1 heterocycles. The molecule has 0 aliphatic rings. The van der Waals surface area contributed by atoms with Gasteiger partial charge in [-0.3, -0.25) is 4.79 Å². The van der Waals surface area contributed by atoms with E-state index in [1.807, 2.05) is 39.0 Å². The molecule has 1 unspecified atom stereocenters. The highest BCUT2D eigenvalue weighted by Crippen LogP contribution is 2.24. The van der Waals surface area contributed by atoms with Crippen molar-refractivity contribution in [2.24, 2.45) is 0 Å². The summed E-state index contributed by atoms with van der Waals surface area (Å²) in [6.07, 6.45) is 3.89. The van der Waals surface area contributed by atoms with Gasteiger partial charge in [-0.2, -0.15) is 0 Å². The number of nitrogens with zero attached hydrogens (tertiary/aromatic N) is 2. The van der Waals surface area contributed by atoms with Crippen molar-refractivity contribution in [3.8, 4) is 0 Å². The molecule has 1 atom stereocenters. The van der Waals surface area contributed by atoms with Crippen LogP contribution in [0, 0.1) is 6.92 Å². The molecular weight excluding hydrogens is 300 g/mol. The predicted octanol–water partition coefficient (Wildman–Crippen LogP) is 3.71. The van der Waals surface area contributed by atoms with Crippen molar-refractivity contribution in [1.29, 1.82) is 0 Å². The quantitative estimate of drug-likeness (QED) is 0.882. The second kappa shape index (κ2) is 7.22. The maximum Gasteiger partial charge on any atom is 0.254 e. The Morgan fingerprint density at radius 1 is 1.32 bits per heavy atom. The molecule has 0 bridgehead atoms. The SMILES string of the molecule is CCC(C)NC(=O)c1cnc(Nc2cccc(Cl)c2C)nc1. The molecule has 6 heteroatoms. The molecule has 1 amide bonds. The number of amides is 1. The summed E-state index contributed by atoms with van der Waals surface area (Å²) in [7, 11) is 0. The van der Waals surface area contributed by atoms with Gasteiger partial charge in [-0.15, -0.1) is 0 Å². The molecule has 22 heavy (non-hydrogen) atoms. The molecule has 116 valence electrons. The Balaban J connectivity index is 2.09. The van der Waals surface area contributed by atoms with Gasteiger partial charge in [0.25, 0.3) is 5.91 Å². The normalized spacial score (nSPS) is 11.8. The van der Waals surface area contributed by atoms with Crippen molar-refractivity contribution in [3.05, 3.63) is 46.7 Å². The fraction of sp³-hybridized carbons (Fsp3) is 0.312. The Labute approximate surface area is 135 Å². The number of hydrogen-bond donors (Lipinski definition) is 2. The van der Waals surface area contributed by atoms with E-state index in [-0.39, 0.29) is 11.9 Å². The number of carbonyl (C=O) groups is 1. The summed E-state index contributed by atoms with van der Waals surface area (Å²) in [5, 5.41) is 6.64. The van der Waals surface area contributed by atoms with Crippen molar-refractivity contribution in [3.63, 3.8) is 0 Å². The van der Waals surface area contributed by atoms with Gasteiger partial charge in [-0.25, -0.2) is 9.97 Å². The van der Waals surface area contributed by atoms with Crippen LogP contribution in [0.3, 0.4) is 0 Å². The number of rotatable bonds is 5. The first-order chi connectivity index (χ1) is 10.5. The lowest BCUT2D eigenvalue weighted by Gasteiger charge is -2.12. The van der Waals surface area contributed by atoms with Crippen molar-refractivity contribution in [2.45, 2.75) is 33.2 Å². The van der Waals surface area contributed by atoms with Crippen LogP contribution in [0.5, 0.6) is 0 Å². The lowest BCUT2D eigenvalue weighted by atomic mass is 10.2. The molecule has 0 fully saturated rings. The maximum absolute atomic E-state index is 12.0. The maximum atomic E-state index is 12.0. The van der Waals surface area contributed by atoms with Crippen molar-refractivity contribution >= 4 is 29.1 Å². The van der Waals surface area contributed by atoms with E-state index in [0.29, 0.717) is 16.5 Å². The van der Waals surface area contributed by atoms with Crippen LogP contribution in [0.2, 0.25) is 5.02 Å². The molecule has 5 nitrogen and oxygen atoms in total. The van der Waals surface area contributed by atoms with Gasteiger partial charge in [0.1, 0.15) is 0 Å². The Hall–Kier alpha value is -2.14. The van der Waals surface area contributed by atoms with Crippen LogP contribution in [-0.2, 0) is 0 Å². The van der Waals surface area contributed by atoms with E-state index in [9.17, 15) is 4.79 Å². The second-order valence-electron chi connectivity index (χ2n) is 5.12. The summed E-state index contributed by atoms with van der Waals surface area (Å²) in [5.41, 5.74) is 2.20. The number of aromatic nitrogens is 2. The van der Waals surface area contributed by atoms with Gasteiger partial charge in [0.15, 0.2) is 0 Å². The molecule has 0 aliphatic carbocycles. The third-order valence-corrected chi connectivity index (χ3v) is 3.83. The zero-order valence-electron chi connectivity index (χ0n) is 12.9. The molecular formula is C16H19ClN4O. The topological polar surface area (TPSA) is 66.9 Å². The molecule has 2 aromatic rings. The lowest BCUT2D eigenvalue weighted by molar-refractivity contribution is 0.0938. The lowest BCUT2D eigenvalue weighted by Crippen LogP contribution is -2.32. The van der Waals surface area contributed by atoms with E-state index in [0.717, 1.165) is 17.7 Å². The van der Waals surface area contributed by atoms with Gasteiger partial charge >= 0.3 is 0 Å². The highest BCUT2D eigenvalue weighted by molar-refractivity contribution is 6.31. The van der Waals surface area contributed by atoms with E-state index in [1.165, 1.54) is 12.4 Å². The van der Waals surface area contributed by atoms with Gasteiger partial charge in [0, 0.05) is 29.1 Å². The number of benzene rings is 1. The van der Waals surface area contributed by atoms with Gasteiger partial charge < -0.3 is 10.6 Å². The zero-order chi connectivity index (χ0) is 16.1. The van der Waals surface area contributed by atoms with E-state index >= 15 is 0 Å². The molecule has 0 radical (unpaired) electrons. The van der Waals surface area contributed by atoms with Crippen LogP contribution in [0.15, 0.2) is 30.6 Å². The largest absolute Gasteiger partial charge is 0.350 e. The third kappa shape index (κ3) is 3.95. The fourth-order valence-electron chi connectivity index (χ4n) is 1.78. The summed E-state index contributed by atoms with van der Waals surface area (Å²) < 4.78 is 0. The summed E-state index contributed by atoms with van der Waals surface area (Å²) in [6.45, 7) is 5.89. The van der Waals surface area contributed by atoms with Crippen LogP contribution < -0.4 is 10.6 Å². The summed E-state index contributed by atoms with van der Waals surface area (Å²) in [5.74, 6) is 0.255. The zero-order valence-corrected chi connectivity index (χ0v) is 13.6. The van der Waals surface area contributed by atoms with Gasteiger partial charge in [-0.1, -0.05) is 24.6 Å². The standard InChI is InChI=1S/C16H19ClN4O/c1-4-10(2)20-15(22)12-8-18-16(19-9-12)21-14-7-5-6-13(17)11(14)3/h5-10H,4H2,1-3H3,(H,20,22)(H,18,19,21). The monoisotopic (exact) mass is 318 g/mol. The average molecular weight is 319 g/mol. The average Bonchev–Trinajstić information content (AvgIpc) is 2.52. The van der Waals surface area contributed by atoms with E-state index in [4.69, 9.17) is 11.6 Å². The Morgan fingerprint density at radius 3 is 2.64 bits per heavy atom. The number of nitrogens with one attached hydrogen (secondary N) is 2. The molecule has 0 saturated carbocycles. The summed E-state index contributed by atoms with van der Waals surface area (Å²) in [4.78, 5) is 20.3. The van der Waals surface area contributed by atoms with Crippen molar-refractivity contribution in [1.82, 2.24) is 15.3 Å². The third-order valence-electron chi connectivity index (χ3n) is 3.42. The Kier molecular flexibility index (Phi) is 5.33. The van der Waals surface area contributed by atoms with Crippen LogP contribution >= 0.6 is 11.6 Å². The van der Waals surface area contributed by atoms with E-state index < -0.39 is 0 Å². The fourth-order valence-corrected chi connectivity index (χ4v) is 1.96. The first kappa shape index (κ1) is 16.2. The van der Waals surface area contributed by atoms with E-state index in [1.54, 1.807) is 0 Å². The Morgan fingerprint density at radius 2 is 2.00 bits per heavy atom. The molecule has 1 aromatic carbocycles. The Bertz CT molecular complexity index is 658. The molecule has 2 N–H and O–H groups in total. The minimum absolute atomic E-state index is 0.124. The molecule has 1 aromatic heterocycles. The molecule has 0 saturated heterocycles. The molecule has 2 rings (SSSR count). The smallest absolute Gasteiger partial charge is 0.254 e. The first-order valence-corrected chi connectivity index (χ1v) is 7.54. The predicted molar refractivity (Wildman–Crippen MR) is 88.7 cm³/mol. The number of hydrogen-bond acceptors (Lipinski definition) is 4. The number of carbonyl (C=O) groups excluding carboxylic acids is 1. The van der Waals surface area contributed by atoms with E-state index in [2.05, 4.69) is 20.6 Å². The summed E-state index contributed by atoms with van der Waals surface area (Å²) >= 11 is 6.08. The van der Waals surface area contributed by atoms with Crippen LogP contribution in [0.1, 0.15) is 36.2 Å². The van der Waals surface area contributed by atoms with Gasteiger partial charge in [0.05, 0.1) is 5.56 Å². The molecule has 0 aliphatic heterocycles. The van der Waals surface area contributed by atoms with Crippen molar-refractivity contribution < 1.29 is 4.79 Å². The van der Waals surface area contributed by atoms with Crippen LogP contribution in [-0.4, -0.2) is 21.9 Å². The first-order valence-electron chi connectivity index (χ1n) is 7.16. The highest BCUT2D eigenvalue weighted by atomic mass is 35.5. The van der Waals surface area contributed by atoms with Gasteiger partial charge in [-0.05, 0) is 38.0 Å². The van der Waals surface area contributed by atoms with Crippen LogP contribution in [0.25, 0.3) is 0 Å². The van der Waals surface area contributed by atoms with Crippen molar-refractivity contribution in [2.75, 3.05) is 5.32 Å². The minimum Gasteiger partial charge on any atom is -0.350 e. The highest BCUT2D eigenvalue weighted by Gasteiger charge is 2.10.